The van der Waals surface area contributed by atoms with Gasteiger partial charge in [-0.2, -0.15) is 0 Å². The zero-order valence-electron chi connectivity index (χ0n) is 34.8. The molecule has 0 aliphatic carbocycles. The molecule has 1 aliphatic heterocycles. The van der Waals surface area contributed by atoms with E-state index in [-0.39, 0.29) is 6.79 Å². The average Bonchev–Trinajstić information content (AvgIpc) is 3.84. The van der Waals surface area contributed by atoms with Crippen LogP contribution in [0.1, 0.15) is 55.6 Å². The summed E-state index contributed by atoms with van der Waals surface area (Å²) in [5, 5.41) is 2.35. The zero-order chi connectivity index (χ0) is 42.2. The van der Waals surface area contributed by atoms with Crippen molar-refractivity contribution in [3.8, 4) is 22.6 Å². The van der Waals surface area contributed by atoms with Gasteiger partial charge < -0.3 is 9.47 Å². The molecule has 2 nitrogen and oxygen atoms in total. The summed E-state index contributed by atoms with van der Waals surface area (Å²) in [6, 6.07) is 77.2. The van der Waals surface area contributed by atoms with Gasteiger partial charge in [-0.25, -0.2) is 0 Å². The van der Waals surface area contributed by atoms with Gasteiger partial charge in [0.25, 0.3) is 0 Å². The van der Waals surface area contributed by atoms with Crippen LogP contribution >= 0.6 is 0 Å². The Morgan fingerprint density at radius 2 is 0.778 bits per heavy atom. The molecule has 0 spiro atoms. The minimum Gasteiger partial charge on any atom is -0.454 e. The van der Waals surface area contributed by atoms with Gasteiger partial charge in [-0.15, -0.1) is 0 Å². The predicted molar refractivity (Wildman–Crippen MR) is 266 cm³/mol. The maximum Gasteiger partial charge on any atom is 0.231 e. The second-order valence-electron chi connectivity index (χ2n) is 15.6. The molecular formula is C61H44O2. The van der Waals surface area contributed by atoms with Gasteiger partial charge in [-0.3, -0.25) is 0 Å². The highest BCUT2D eigenvalue weighted by Gasteiger charge is 2.17. The summed E-state index contributed by atoms with van der Waals surface area (Å²) in [6.07, 6.45) is 13.5. The van der Waals surface area contributed by atoms with Crippen LogP contribution in [-0.2, 0) is 0 Å². The number of fused-ring (bicyclic) bond motifs is 2. The summed E-state index contributed by atoms with van der Waals surface area (Å²) in [6.45, 7) is 0.240. The van der Waals surface area contributed by atoms with Gasteiger partial charge in [-0.1, -0.05) is 224 Å². The van der Waals surface area contributed by atoms with E-state index in [0.29, 0.717) is 0 Å². The van der Waals surface area contributed by atoms with Crippen LogP contribution in [0.2, 0.25) is 0 Å². The molecular weight excluding hydrogens is 765 g/mol. The van der Waals surface area contributed by atoms with Crippen molar-refractivity contribution in [2.75, 3.05) is 6.79 Å². The second kappa shape index (κ2) is 18.2. The van der Waals surface area contributed by atoms with Gasteiger partial charge in [0.1, 0.15) is 0 Å². The van der Waals surface area contributed by atoms with Gasteiger partial charge in [0, 0.05) is 0 Å². The fourth-order valence-electron chi connectivity index (χ4n) is 8.29. The standard InChI is InChI=1S/C61H44O2/c1-5-15-48(16-6-1)57(49-17-7-2-8-18-49)39-46-29-25-44(26-30-46)33-35-52-41-59(53-36-38-60-61(42-53)63-43-62-60)56-24-14-13-23-55(56)54(52)37-34-45-27-31-47(32-28-45)40-58(50-19-9-3-10-20-50)51-21-11-4-12-22-51/h1-42H,43H2. The Labute approximate surface area is 369 Å². The third-order valence-electron chi connectivity index (χ3n) is 11.5. The highest BCUT2D eigenvalue weighted by atomic mass is 16.7. The molecule has 0 saturated heterocycles. The van der Waals surface area contributed by atoms with Crippen LogP contribution in [0.4, 0.5) is 0 Å². The highest BCUT2D eigenvalue weighted by molar-refractivity contribution is 6.05. The first-order chi connectivity index (χ1) is 31.2. The molecule has 2 heteroatoms. The molecule has 0 saturated carbocycles. The summed E-state index contributed by atoms with van der Waals surface area (Å²) >= 11 is 0. The SMILES string of the molecule is C(=Cc1cc(-c2ccc3c(c2)OCO3)c2ccccc2c1C=Cc1ccc(C=C(c2ccccc2)c2ccccc2)cc1)c1ccc(C=C(c2ccccc2)c2ccccc2)cc1. The van der Waals surface area contributed by atoms with Crippen molar-refractivity contribution in [2.24, 2.45) is 0 Å². The quantitative estimate of drug-likeness (QED) is 0.121. The van der Waals surface area contributed by atoms with Gasteiger partial charge in [0.05, 0.1) is 0 Å². The van der Waals surface area contributed by atoms with E-state index in [0.717, 1.165) is 56.0 Å². The van der Waals surface area contributed by atoms with Crippen molar-refractivity contribution < 1.29 is 9.47 Å². The first-order valence-electron chi connectivity index (χ1n) is 21.4. The smallest absolute Gasteiger partial charge is 0.231 e. The first kappa shape index (κ1) is 39.0. The third kappa shape index (κ3) is 8.84. The Morgan fingerprint density at radius 1 is 0.349 bits per heavy atom. The average molecular weight is 809 g/mol. The molecule has 300 valence electrons. The molecule has 0 unspecified atom stereocenters. The van der Waals surface area contributed by atoms with E-state index >= 15 is 0 Å². The normalized spacial score (nSPS) is 11.9. The van der Waals surface area contributed by atoms with Crippen LogP contribution in [-0.4, -0.2) is 6.79 Å². The van der Waals surface area contributed by atoms with E-state index in [1.807, 2.05) is 6.07 Å². The van der Waals surface area contributed by atoms with Crippen LogP contribution in [0, 0.1) is 0 Å². The first-order valence-corrected chi connectivity index (χ1v) is 21.4. The lowest BCUT2D eigenvalue weighted by atomic mass is 9.90. The lowest BCUT2D eigenvalue weighted by Gasteiger charge is -2.14. The fourth-order valence-corrected chi connectivity index (χ4v) is 8.29. The minimum atomic E-state index is 0.240. The van der Waals surface area contributed by atoms with Gasteiger partial charge >= 0.3 is 0 Å². The van der Waals surface area contributed by atoms with Crippen LogP contribution in [0.15, 0.2) is 218 Å². The highest BCUT2D eigenvalue weighted by Crippen LogP contribution is 2.40. The van der Waals surface area contributed by atoms with Crippen molar-refractivity contribution in [1.82, 2.24) is 0 Å². The van der Waals surface area contributed by atoms with E-state index in [2.05, 4.69) is 249 Å². The zero-order valence-corrected chi connectivity index (χ0v) is 34.8. The molecule has 0 fully saturated rings. The van der Waals surface area contributed by atoms with E-state index in [1.54, 1.807) is 0 Å². The van der Waals surface area contributed by atoms with E-state index in [9.17, 15) is 0 Å². The molecule has 63 heavy (non-hydrogen) atoms. The third-order valence-corrected chi connectivity index (χ3v) is 11.5. The number of hydrogen-bond acceptors (Lipinski definition) is 2. The summed E-state index contributed by atoms with van der Waals surface area (Å²) in [5.41, 5.74) is 16.2. The van der Waals surface area contributed by atoms with Gasteiger partial charge in [-0.05, 0) is 119 Å². The van der Waals surface area contributed by atoms with Crippen LogP contribution < -0.4 is 9.47 Å². The molecule has 0 bridgehead atoms. The molecule has 1 heterocycles. The minimum absolute atomic E-state index is 0.240. The van der Waals surface area contributed by atoms with Crippen molar-refractivity contribution in [3.63, 3.8) is 0 Å². The molecule has 0 aromatic heterocycles. The molecule has 1 aliphatic rings. The predicted octanol–water partition coefficient (Wildman–Crippen LogP) is 15.8. The molecule has 9 aromatic rings. The summed E-state index contributed by atoms with van der Waals surface area (Å²) < 4.78 is 11.5. The lowest BCUT2D eigenvalue weighted by Crippen LogP contribution is -1.93. The van der Waals surface area contributed by atoms with Gasteiger partial charge in [0.2, 0.25) is 6.79 Å². The van der Waals surface area contributed by atoms with Crippen LogP contribution in [0.3, 0.4) is 0 Å². The Balaban J connectivity index is 1.01. The van der Waals surface area contributed by atoms with E-state index in [1.165, 1.54) is 44.2 Å². The van der Waals surface area contributed by atoms with Crippen molar-refractivity contribution in [2.45, 2.75) is 0 Å². The number of ether oxygens (including phenoxy) is 2. The Bertz CT molecular complexity index is 3040. The number of hydrogen-bond donors (Lipinski definition) is 0. The number of benzene rings is 9. The lowest BCUT2D eigenvalue weighted by molar-refractivity contribution is 0.174. The monoisotopic (exact) mass is 808 g/mol. The maximum atomic E-state index is 5.82. The molecule has 0 amide bonds. The molecule has 9 aromatic carbocycles. The number of rotatable bonds is 11. The Hall–Kier alpha value is -8.20. The summed E-state index contributed by atoms with van der Waals surface area (Å²) in [5.74, 6) is 1.55. The van der Waals surface area contributed by atoms with Crippen molar-refractivity contribution in [3.05, 3.63) is 274 Å². The molecule has 0 atom stereocenters. The summed E-state index contributed by atoms with van der Waals surface area (Å²) in [4.78, 5) is 0. The topological polar surface area (TPSA) is 18.5 Å². The Morgan fingerprint density at radius 3 is 1.29 bits per heavy atom. The van der Waals surface area contributed by atoms with E-state index in [4.69, 9.17) is 9.47 Å². The van der Waals surface area contributed by atoms with Crippen molar-refractivity contribution >= 4 is 58.4 Å². The second-order valence-corrected chi connectivity index (χ2v) is 15.6. The maximum absolute atomic E-state index is 5.82. The van der Waals surface area contributed by atoms with Crippen LogP contribution in [0.5, 0.6) is 11.5 Å². The Kier molecular flexibility index (Phi) is 11.3. The van der Waals surface area contributed by atoms with E-state index < -0.39 is 0 Å². The largest absolute Gasteiger partial charge is 0.454 e. The fraction of sp³-hybridized carbons (Fsp3) is 0.0164. The van der Waals surface area contributed by atoms with Crippen molar-refractivity contribution in [1.29, 1.82) is 0 Å². The van der Waals surface area contributed by atoms with Gasteiger partial charge in [0.15, 0.2) is 11.5 Å². The summed E-state index contributed by atoms with van der Waals surface area (Å²) in [7, 11) is 0. The van der Waals surface area contributed by atoms with Crippen LogP contribution in [0.25, 0.3) is 69.5 Å². The molecule has 10 rings (SSSR count). The molecule has 0 radical (unpaired) electrons. The molecule has 0 N–H and O–H groups in total.